The van der Waals surface area contributed by atoms with E-state index in [9.17, 15) is 4.79 Å². The minimum absolute atomic E-state index is 0.0149. The lowest BCUT2D eigenvalue weighted by atomic mass is 10.2. The van der Waals surface area contributed by atoms with Gasteiger partial charge in [-0.3, -0.25) is 4.79 Å². The molecule has 0 saturated heterocycles. The highest BCUT2D eigenvalue weighted by atomic mass is 35.5. The number of aromatic nitrogens is 1. The van der Waals surface area contributed by atoms with Crippen LogP contribution >= 0.6 is 11.6 Å². The van der Waals surface area contributed by atoms with Crippen LogP contribution in [0.2, 0.25) is 0 Å². The summed E-state index contributed by atoms with van der Waals surface area (Å²) in [4.78, 5) is 11.9. The van der Waals surface area contributed by atoms with Crippen molar-refractivity contribution in [2.75, 3.05) is 13.7 Å². The summed E-state index contributed by atoms with van der Waals surface area (Å²) in [5.74, 6) is 0.267. The predicted octanol–water partition coefficient (Wildman–Crippen LogP) is 1.93. The van der Waals surface area contributed by atoms with Crippen LogP contribution in [0, 0.1) is 6.92 Å². The SMILES string of the molecule is COCCCn1c(C)ccc(CCl)c1=O. The van der Waals surface area contributed by atoms with Crippen molar-refractivity contribution in [1.82, 2.24) is 4.57 Å². The molecular weight excluding hydrogens is 214 g/mol. The lowest BCUT2D eigenvalue weighted by Crippen LogP contribution is -2.25. The van der Waals surface area contributed by atoms with Crippen molar-refractivity contribution in [2.45, 2.75) is 25.8 Å². The van der Waals surface area contributed by atoms with E-state index in [1.807, 2.05) is 13.0 Å². The van der Waals surface area contributed by atoms with Gasteiger partial charge in [-0.2, -0.15) is 0 Å². The summed E-state index contributed by atoms with van der Waals surface area (Å²) in [5.41, 5.74) is 1.63. The Morgan fingerprint density at radius 3 is 2.80 bits per heavy atom. The number of hydrogen-bond acceptors (Lipinski definition) is 2. The first kappa shape index (κ1) is 12.3. The quantitative estimate of drug-likeness (QED) is 0.571. The topological polar surface area (TPSA) is 31.2 Å². The van der Waals surface area contributed by atoms with Crippen LogP contribution < -0.4 is 5.56 Å². The van der Waals surface area contributed by atoms with E-state index in [4.69, 9.17) is 16.3 Å². The molecule has 0 atom stereocenters. The molecule has 0 aliphatic rings. The molecule has 0 radical (unpaired) electrons. The molecule has 84 valence electrons. The fourth-order valence-electron chi connectivity index (χ4n) is 1.46. The highest BCUT2D eigenvalue weighted by molar-refractivity contribution is 6.17. The molecule has 0 spiro atoms. The van der Waals surface area contributed by atoms with E-state index in [1.165, 1.54) is 0 Å². The number of alkyl halides is 1. The van der Waals surface area contributed by atoms with E-state index in [0.29, 0.717) is 18.7 Å². The molecule has 1 aromatic rings. The van der Waals surface area contributed by atoms with Gasteiger partial charge in [0.05, 0.1) is 5.88 Å². The second-order valence-corrected chi connectivity index (χ2v) is 3.70. The highest BCUT2D eigenvalue weighted by Crippen LogP contribution is 2.02. The Labute approximate surface area is 94.6 Å². The van der Waals surface area contributed by atoms with Gasteiger partial charge in [-0.25, -0.2) is 0 Å². The van der Waals surface area contributed by atoms with Crippen LogP contribution in [0.15, 0.2) is 16.9 Å². The van der Waals surface area contributed by atoms with Crippen LogP contribution in [0.3, 0.4) is 0 Å². The number of methoxy groups -OCH3 is 1. The molecule has 0 amide bonds. The van der Waals surface area contributed by atoms with E-state index in [-0.39, 0.29) is 11.4 Å². The van der Waals surface area contributed by atoms with E-state index in [2.05, 4.69) is 0 Å². The first-order valence-electron chi connectivity index (χ1n) is 4.95. The number of halogens is 1. The zero-order valence-corrected chi connectivity index (χ0v) is 9.88. The number of rotatable bonds is 5. The Morgan fingerprint density at radius 1 is 1.47 bits per heavy atom. The summed E-state index contributed by atoms with van der Waals surface area (Å²) in [6.07, 6.45) is 0.836. The Kier molecular flexibility index (Phi) is 4.85. The maximum atomic E-state index is 11.9. The molecule has 0 aliphatic carbocycles. The summed E-state index contributed by atoms with van der Waals surface area (Å²) >= 11 is 5.68. The van der Waals surface area contributed by atoms with Crippen molar-refractivity contribution in [3.8, 4) is 0 Å². The third-order valence-electron chi connectivity index (χ3n) is 2.35. The van der Waals surface area contributed by atoms with Crippen LogP contribution in [0.1, 0.15) is 17.7 Å². The molecule has 1 rings (SSSR count). The second-order valence-electron chi connectivity index (χ2n) is 3.44. The minimum Gasteiger partial charge on any atom is -0.385 e. The van der Waals surface area contributed by atoms with Gasteiger partial charge in [0.15, 0.2) is 0 Å². The Bertz CT molecular complexity index is 373. The summed E-state index contributed by atoms with van der Waals surface area (Å²) in [7, 11) is 1.66. The Balaban J connectivity index is 2.89. The first-order chi connectivity index (χ1) is 7.20. The maximum Gasteiger partial charge on any atom is 0.255 e. The van der Waals surface area contributed by atoms with Crippen molar-refractivity contribution >= 4 is 11.6 Å². The molecule has 0 unspecified atom stereocenters. The van der Waals surface area contributed by atoms with Crippen molar-refractivity contribution in [3.63, 3.8) is 0 Å². The van der Waals surface area contributed by atoms with Crippen molar-refractivity contribution < 1.29 is 4.74 Å². The molecule has 3 nitrogen and oxygen atoms in total. The van der Waals surface area contributed by atoms with Crippen LogP contribution in [-0.4, -0.2) is 18.3 Å². The van der Waals surface area contributed by atoms with Crippen molar-refractivity contribution in [3.05, 3.63) is 33.7 Å². The van der Waals surface area contributed by atoms with Crippen LogP contribution in [0.5, 0.6) is 0 Å². The molecule has 4 heteroatoms. The fraction of sp³-hybridized carbons (Fsp3) is 0.545. The van der Waals surface area contributed by atoms with E-state index in [1.54, 1.807) is 17.7 Å². The second kappa shape index (κ2) is 5.93. The lowest BCUT2D eigenvalue weighted by Gasteiger charge is -2.10. The van der Waals surface area contributed by atoms with Gasteiger partial charge in [0.2, 0.25) is 0 Å². The number of pyridine rings is 1. The molecular formula is C11H16ClNO2. The van der Waals surface area contributed by atoms with Gasteiger partial charge < -0.3 is 9.30 Å². The maximum absolute atomic E-state index is 11.9. The van der Waals surface area contributed by atoms with Gasteiger partial charge in [0.25, 0.3) is 5.56 Å². The van der Waals surface area contributed by atoms with Crippen LogP contribution in [0.25, 0.3) is 0 Å². The van der Waals surface area contributed by atoms with E-state index >= 15 is 0 Å². The third-order valence-corrected chi connectivity index (χ3v) is 2.63. The zero-order chi connectivity index (χ0) is 11.3. The summed E-state index contributed by atoms with van der Waals surface area (Å²) < 4.78 is 6.71. The van der Waals surface area contributed by atoms with Crippen molar-refractivity contribution in [2.24, 2.45) is 0 Å². The monoisotopic (exact) mass is 229 g/mol. The largest absolute Gasteiger partial charge is 0.385 e. The van der Waals surface area contributed by atoms with E-state index in [0.717, 1.165) is 12.1 Å². The lowest BCUT2D eigenvalue weighted by molar-refractivity contribution is 0.189. The normalized spacial score (nSPS) is 10.6. The molecule has 0 N–H and O–H groups in total. The third kappa shape index (κ3) is 3.08. The molecule has 0 aliphatic heterocycles. The summed E-state index contributed by atoms with van der Waals surface area (Å²) in [6.45, 7) is 3.27. The first-order valence-corrected chi connectivity index (χ1v) is 5.48. The molecule has 0 fully saturated rings. The minimum atomic E-state index is 0.0149. The standard InChI is InChI=1S/C11H16ClNO2/c1-9-4-5-10(8-12)11(14)13(9)6-3-7-15-2/h4-5H,3,6-8H2,1-2H3. The average Bonchev–Trinajstić information content (AvgIpc) is 2.23. The van der Waals surface area contributed by atoms with Gasteiger partial charge >= 0.3 is 0 Å². The number of ether oxygens (including phenoxy) is 1. The smallest absolute Gasteiger partial charge is 0.255 e. The van der Waals surface area contributed by atoms with Gasteiger partial charge in [-0.1, -0.05) is 6.07 Å². The molecule has 0 bridgehead atoms. The Morgan fingerprint density at radius 2 is 2.20 bits per heavy atom. The Hall–Kier alpha value is -0.800. The zero-order valence-electron chi connectivity index (χ0n) is 9.12. The molecule has 0 aromatic carbocycles. The molecule has 0 saturated carbocycles. The fourth-order valence-corrected chi connectivity index (χ4v) is 1.67. The van der Waals surface area contributed by atoms with Crippen molar-refractivity contribution in [1.29, 1.82) is 0 Å². The van der Waals surface area contributed by atoms with E-state index < -0.39 is 0 Å². The molecule has 15 heavy (non-hydrogen) atoms. The number of hydrogen-bond donors (Lipinski definition) is 0. The molecule has 1 aromatic heterocycles. The van der Waals surface area contributed by atoms with Gasteiger partial charge in [0, 0.05) is 31.5 Å². The predicted molar refractivity (Wildman–Crippen MR) is 61.5 cm³/mol. The average molecular weight is 230 g/mol. The highest BCUT2D eigenvalue weighted by Gasteiger charge is 2.04. The number of aryl methyl sites for hydroxylation is 1. The van der Waals surface area contributed by atoms with Gasteiger partial charge in [-0.15, -0.1) is 11.6 Å². The number of nitrogens with zero attached hydrogens (tertiary/aromatic N) is 1. The van der Waals surface area contributed by atoms with Gasteiger partial charge in [0.1, 0.15) is 0 Å². The van der Waals surface area contributed by atoms with Crippen LogP contribution in [0.4, 0.5) is 0 Å². The summed E-state index contributed by atoms with van der Waals surface area (Å²) in [5, 5.41) is 0. The van der Waals surface area contributed by atoms with Crippen LogP contribution in [-0.2, 0) is 17.2 Å². The van der Waals surface area contributed by atoms with Gasteiger partial charge in [-0.05, 0) is 19.4 Å². The molecule has 1 heterocycles. The summed E-state index contributed by atoms with van der Waals surface area (Å²) in [6, 6.07) is 3.71.